The lowest BCUT2D eigenvalue weighted by Gasteiger charge is -2.29. The van der Waals surface area contributed by atoms with Crippen LogP contribution >= 0.6 is 0 Å². The molecule has 1 aliphatic rings. The van der Waals surface area contributed by atoms with Gasteiger partial charge in [-0.3, -0.25) is 19.3 Å². The molecule has 0 aliphatic carbocycles. The van der Waals surface area contributed by atoms with Gasteiger partial charge in [-0.25, -0.2) is 0 Å². The number of nitrogens with zero attached hydrogens (tertiary/aromatic N) is 1. The molecule has 7 nitrogen and oxygen atoms in total. The van der Waals surface area contributed by atoms with Crippen LogP contribution in [0.4, 0.5) is 11.4 Å². The molecule has 0 saturated heterocycles. The number of ether oxygens (including phenoxy) is 1. The Bertz CT molecular complexity index is 645. The minimum Gasteiger partial charge on any atom is -0.482 e. The standard InChI is InChI=1S/C18H25N3O4/c1-3-5-6-16(22)20-13-7-8-15-14(10-13)21(18(24)12-25-15)11-17(23)19-9-4-2/h7-8,10H,3-6,9,11-12H2,1-2H3,(H,19,23)(H,20,22). The minimum absolute atomic E-state index is 0.0670. The molecule has 0 saturated carbocycles. The molecule has 2 rings (SSSR count). The van der Waals surface area contributed by atoms with E-state index < -0.39 is 0 Å². The van der Waals surface area contributed by atoms with Gasteiger partial charge in [-0.1, -0.05) is 20.3 Å². The molecule has 0 atom stereocenters. The van der Waals surface area contributed by atoms with Gasteiger partial charge >= 0.3 is 0 Å². The first kappa shape index (κ1) is 18.8. The van der Waals surface area contributed by atoms with Crippen molar-refractivity contribution in [3.8, 4) is 5.75 Å². The maximum atomic E-state index is 12.2. The van der Waals surface area contributed by atoms with Crippen LogP contribution in [0.5, 0.6) is 5.75 Å². The Morgan fingerprint density at radius 1 is 1.20 bits per heavy atom. The molecule has 0 radical (unpaired) electrons. The van der Waals surface area contributed by atoms with Crippen LogP contribution in [0.25, 0.3) is 0 Å². The molecule has 0 aromatic heterocycles. The minimum atomic E-state index is -0.284. The van der Waals surface area contributed by atoms with Gasteiger partial charge in [0.25, 0.3) is 5.91 Å². The quantitative estimate of drug-likeness (QED) is 0.753. The summed E-state index contributed by atoms with van der Waals surface area (Å²) in [6, 6.07) is 5.10. The van der Waals surface area contributed by atoms with Crippen molar-refractivity contribution in [3.63, 3.8) is 0 Å². The Hall–Kier alpha value is -2.57. The number of hydrogen-bond acceptors (Lipinski definition) is 4. The molecule has 1 aromatic rings. The van der Waals surface area contributed by atoms with E-state index in [0.717, 1.165) is 19.3 Å². The van der Waals surface area contributed by atoms with E-state index in [9.17, 15) is 14.4 Å². The lowest BCUT2D eigenvalue weighted by molar-refractivity contribution is -0.125. The van der Waals surface area contributed by atoms with Gasteiger partial charge in [-0.05, 0) is 31.0 Å². The summed E-state index contributed by atoms with van der Waals surface area (Å²) in [5.74, 6) is -0.0550. The van der Waals surface area contributed by atoms with Gasteiger partial charge in [-0.2, -0.15) is 0 Å². The number of nitrogens with one attached hydrogen (secondary N) is 2. The Kier molecular flexibility index (Phi) is 6.80. The predicted molar refractivity (Wildman–Crippen MR) is 95.7 cm³/mol. The van der Waals surface area contributed by atoms with Crippen LogP contribution in [0.3, 0.4) is 0 Å². The fourth-order valence-corrected chi connectivity index (χ4v) is 2.48. The summed E-state index contributed by atoms with van der Waals surface area (Å²) in [5.41, 5.74) is 1.08. The molecule has 7 heteroatoms. The summed E-state index contributed by atoms with van der Waals surface area (Å²) in [5, 5.41) is 5.57. The number of fused-ring (bicyclic) bond motifs is 1. The van der Waals surface area contributed by atoms with Crippen LogP contribution in [-0.2, 0) is 14.4 Å². The second-order valence-corrected chi connectivity index (χ2v) is 5.95. The van der Waals surface area contributed by atoms with Crippen LogP contribution in [0.15, 0.2) is 18.2 Å². The zero-order valence-corrected chi connectivity index (χ0v) is 14.8. The van der Waals surface area contributed by atoms with Crippen LogP contribution < -0.4 is 20.3 Å². The van der Waals surface area contributed by atoms with E-state index in [-0.39, 0.29) is 30.9 Å². The van der Waals surface area contributed by atoms with E-state index in [2.05, 4.69) is 10.6 Å². The summed E-state index contributed by atoms with van der Waals surface area (Å²) in [6.07, 6.45) is 3.04. The highest BCUT2D eigenvalue weighted by Crippen LogP contribution is 2.34. The largest absolute Gasteiger partial charge is 0.482 e. The van der Waals surface area contributed by atoms with E-state index in [1.54, 1.807) is 18.2 Å². The predicted octanol–water partition coefficient (Wildman–Crippen LogP) is 2.07. The summed E-state index contributed by atoms with van der Waals surface area (Å²) in [6.45, 7) is 4.38. The SMILES string of the molecule is CCCCC(=O)Nc1ccc2c(c1)N(CC(=O)NCCC)C(=O)CO2. The first-order chi connectivity index (χ1) is 12.0. The number of carbonyl (C=O) groups is 3. The highest BCUT2D eigenvalue weighted by molar-refractivity contribution is 6.03. The van der Waals surface area contributed by atoms with E-state index in [1.807, 2.05) is 13.8 Å². The molecular weight excluding hydrogens is 322 g/mol. The first-order valence-corrected chi connectivity index (χ1v) is 8.69. The van der Waals surface area contributed by atoms with Gasteiger partial charge in [-0.15, -0.1) is 0 Å². The fraction of sp³-hybridized carbons (Fsp3) is 0.500. The smallest absolute Gasteiger partial charge is 0.265 e. The molecule has 0 spiro atoms. The van der Waals surface area contributed by atoms with Crippen molar-refractivity contribution in [1.82, 2.24) is 5.32 Å². The summed E-state index contributed by atoms with van der Waals surface area (Å²) in [4.78, 5) is 37.5. The molecule has 0 bridgehead atoms. The fourth-order valence-electron chi connectivity index (χ4n) is 2.48. The third-order valence-corrected chi connectivity index (χ3v) is 3.82. The molecule has 136 valence electrons. The molecular formula is C18H25N3O4. The summed E-state index contributed by atoms with van der Waals surface area (Å²) in [7, 11) is 0. The molecule has 3 amide bonds. The third-order valence-electron chi connectivity index (χ3n) is 3.82. The number of rotatable bonds is 8. The maximum Gasteiger partial charge on any atom is 0.265 e. The van der Waals surface area contributed by atoms with Crippen molar-refractivity contribution < 1.29 is 19.1 Å². The molecule has 2 N–H and O–H groups in total. The average molecular weight is 347 g/mol. The van der Waals surface area contributed by atoms with Crippen LogP contribution in [0.2, 0.25) is 0 Å². The first-order valence-electron chi connectivity index (χ1n) is 8.69. The summed E-state index contributed by atoms with van der Waals surface area (Å²) < 4.78 is 5.42. The normalized spacial score (nSPS) is 13.0. The Morgan fingerprint density at radius 3 is 2.72 bits per heavy atom. The monoisotopic (exact) mass is 347 g/mol. The van der Waals surface area contributed by atoms with Crippen molar-refractivity contribution >= 4 is 29.1 Å². The number of hydrogen-bond donors (Lipinski definition) is 2. The maximum absolute atomic E-state index is 12.2. The van der Waals surface area contributed by atoms with E-state index >= 15 is 0 Å². The molecule has 1 aliphatic heterocycles. The number of amides is 3. The molecule has 1 heterocycles. The third kappa shape index (κ3) is 5.20. The topological polar surface area (TPSA) is 87.7 Å². The number of anilines is 2. The van der Waals surface area contributed by atoms with Crippen molar-refractivity contribution in [1.29, 1.82) is 0 Å². The van der Waals surface area contributed by atoms with Crippen molar-refractivity contribution in [3.05, 3.63) is 18.2 Å². The van der Waals surface area contributed by atoms with Gasteiger partial charge in [0.1, 0.15) is 12.3 Å². The zero-order valence-electron chi connectivity index (χ0n) is 14.8. The van der Waals surface area contributed by atoms with Crippen molar-refractivity contribution in [2.45, 2.75) is 39.5 Å². The lowest BCUT2D eigenvalue weighted by atomic mass is 10.2. The van der Waals surface area contributed by atoms with E-state index in [4.69, 9.17) is 4.74 Å². The highest BCUT2D eigenvalue weighted by atomic mass is 16.5. The van der Waals surface area contributed by atoms with Crippen molar-refractivity contribution in [2.75, 3.05) is 29.9 Å². The van der Waals surface area contributed by atoms with Crippen molar-refractivity contribution in [2.24, 2.45) is 0 Å². The molecule has 0 unspecified atom stereocenters. The van der Waals surface area contributed by atoms with Gasteiger partial charge in [0.15, 0.2) is 6.61 Å². The molecule has 0 fully saturated rings. The second-order valence-electron chi connectivity index (χ2n) is 5.95. The Labute approximate surface area is 147 Å². The summed E-state index contributed by atoms with van der Waals surface area (Å²) >= 11 is 0. The van der Waals surface area contributed by atoms with Gasteiger partial charge in [0.2, 0.25) is 11.8 Å². The van der Waals surface area contributed by atoms with E-state index in [1.165, 1.54) is 4.90 Å². The van der Waals surface area contributed by atoms with Crippen LogP contribution in [0.1, 0.15) is 39.5 Å². The van der Waals surface area contributed by atoms with Crippen LogP contribution in [-0.4, -0.2) is 37.4 Å². The molecule has 1 aromatic carbocycles. The second kappa shape index (κ2) is 9.05. The van der Waals surface area contributed by atoms with Gasteiger partial charge < -0.3 is 15.4 Å². The highest BCUT2D eigenvalue weighted by Gasteiger charge is 2.27. The lowest BCUT2D eigenvalue weighted by Crippen LogP contribution is -2.45. The van der Waals surface area contributed by atoms with Crippen LogP contribution in [0, 0.1) is 0 Å². The number of carbonyl (C=O) groups excluding carboxylic acids is 3. The van der Waals surface area contributed by atoms with E-state index in [0.29, 0.717) is 30.1 Å². The average Bonchev–Trinajstić information content (AvgIpc) is 2.60. The number of unbranched alkanes of at least 4 members (excludes halogenated alkanes) is 1. The van der Waals surface area contributed by atoms with Gasteiger partial charge in [0.05, 0.1) is 5.69 Å². The van der Waals surface area contributed by atoms with Gasteiger partial charge in [0, 0.05) is 18.7 Å². The Morgan fingerprint density at radius 2 is 2.00 bits per heavy atom. The zero-order chi connectivity index (χ0) is 18.2. The Balaban J connectivity index is 2.14. The number of benzene rings is 1. The molecule has 25 heavy (non-hydrogen) atoms.